The molecule has 1 aromatic heterocycles. The van der Waals surface area contributed by atoms with E-state index in [1.165, 1.54) is 35.4 Å². The predicted molar refractivity (Wildman–Crippen MR) is 86.8 cm³/mol. The van der Waals surface area contributed by atoms with Crippen molar-refractivity contribution >= 4 is 22.9 Å². The molecule has 1 heterocycles. The van der Waals surface area contributed by atoms with Crippen LogP contribution in [0.5, 0.6) is 0 Å². The molecule has 1 unspecified atom stereocenters. The molecule has 3 rings (SSSR count). The molecule has 0 fully saturated rings. The molecule has 106 valence electrons. The third-order valence-electron chi connectivity index (χ3n) is 3.80. The highest BCUT2D eigenvalue weighted by Gasteiger charge is 2.24. The van der Waals surface area contributed by atoms with Gasteiger partial charge in [-0.05, 0) is 37.9 Å². The lowest BCUT2D eigenvalue weighted by molar-refractivity contribution is 0.509. The standard InChI is InChI=1S/C16H19ClN2S/c1-2-18-10-12-4-3-5-14-15(12)19-16(20-14)11-6-8-13(17)9-7-11/h6-9,12,18H,2-5,10H2,1H3. The van der Waals surface area contributed by atoms with Crippen LogP contribution in [0.4, 0.5) is 0 Å². The second kappa shape index (κ2) is 6.25. The second-order valence-electron chi connectivity index (χ2n) is 5.23. The number of aromatic nitrogens is 1. The minimum Gasteiger partial charge on any atom is -0.316 e. The first-order valence-corrected chi connectivity index (χ1v) is 8.43. The Morgan fingerprint density at radius 2 is 2.15 bits per heavy atom. The number of hydrogen-bond donors (Lipinski definition) is 1. The van der Waals surface area contributed by atoms with Crippen LogP contribution in [-0.2, 0) is 6.42 Å². The van der Waals surface area contributed by atoms with E-state index in [2.05, 4.69) is 24.4 Å². The fourth-order valence-corrected chi connectivity index (χ4v) is 4.06. The number of hydrogen-bond acceptors (Lipinski definition) is 3. The van der Waals surface area contributed by atoms with Crippen molar-refractivity contribution in [1.29, 1.82) is 0 Å². The van der Waals surface area contributed by atoms with Crippen LogP contribution in [-0.4, -0.2) is 18.1 Å². The van der Waals surface area contributed by atoms with Crippen molar-refractivity contribution in [2.45, 2.75) is 32.1 Å². The summed E-state index contributed by atoms with van der Waals surface area (Å²) in [6.45, 7) is 4.23. The number of thiazole rings is 1. The minimum absolute atomic E-state index is 0.580. The average molecular weight is 307 g/mol. The molecule has 0 aliphatic heterocycles. The molecule has 2 aromatic rings. The van der Waals surface area contributed by atoms with Crippen molar-refractivity contribution < 1.29 is 0 Å². The van der Waals surface area contributed by atoms with Crippen LogP contribution in [0.2, 0.25) is 5.02 Å². The molecule has 2 nitrogen and oxygen atoms in total. The summed E-state index contributed by atoms with van der Waals surface area (Å²) in [6.07, 6.45) is 3.72. The third kappa shape index (κ3) is 2.90. The lowest BCUT2D eigenvalue weighted by atomic mass is 9.91. The fourth-order valence-electron chi connectivity index (χ4n) is 2.74. The summed E-state index contributed by atoms with van der Waals surface area (Å²) in [4.78, 5) is 6.40. The maximum absolute atomic E-state index is 5.96. The molecule has 1 N–H and O–H groups in total. The second-order valence-corrected chi connectivity index (χ2v) is 6.75. The summed E-state index contributed by atoms with van der Waals surface area (Å²) < 4.78 is 0. The normalized spacial score (nSPS) is 18.0. The van der Waals surface area contributed by atoms with Gasteiger partial charge in [0.1, 0.15) is 5.01 Å². The van der Waals surface area contributed by atoms with Crippen LogP contribution in [0.15, 0.2) is 24.3 Å². The van der Waals surface area contributed by atoms with E-state index in [4.69, 9.17) is 16.6 Å². The Hall–Kier alpha value is -0.900. The molecule has 0 spiro atoms. The number of halogens is 1. The number of nitrogens with zero attached hydrogens (tertiary/aromatic N) is 1. The summed E-state index contributed by atoms with van der Waals surface area (Å²) in [5, 5.41) is 5.37. The smallest absolute Gasteiger partial charge is 0.123 e. The zero-order valence-corrected chi connectivity index (χ0v) is 13.2. The summed E-state index contributed by atoms with van der Waals surface area (Å²) in [6, 6.07) is 8.00. The highest BCUT2D eigenvalue weighted by molar-refractivity contribution is 7.15. The van der Waals surface area contributed by atoms with E-state index in [0.29, 0.717) is 5.92 Å². The summed E-state index contributed by atoms with van der Waals surface area (Å²) in [5.74, 6) is 0.580. The van der Waals surface area contributed by atoms with Gasteiger partial charge in [0.15, 0.2) is 0 Å². The van der Waals surface area contributed by atoms with E-state index >= 15 is 0 Å². The predicted octanol–water partition coefficient (Wildman–Crippen LogP) is 4.49. The van der Waals surface area contributed by atoms with Crippen LogP contribution < -0.4 is 5.32 Å². The van der Waals surface area contributed by atoms with Gasteiger partial charge in [-0.1, -0.05) is 30.7 Å². The fraction of sp³-hybridized carbons (Fsp3) is 0.438. The zero-order valence-electron chi connectivity index (χ0n) is 11.7. The van der Waals surface area contributed by atoms with Crippen LogP contribution in [0.25, 0.3) is 10.6 Å². The topological polar surface area (TPSA) is 24.9 Å². The first-order valence-electron chi connectivity index (χ1n) is 7.24. The van der Waals surface area contributed by atoms with Crippen molar-refractivity contribution in [2.24, 2.45) is 0 Å². The first kappa shape index (κ1) is 14.1. The maximum Gasteiger partial charge on any atom is 0.123 e. The molecule has 0 radical (unpaired) electrons. The van der Waals surface area contributed by atoms with Gasteiger partial charge >= 0.3 is 0 Å². The van der Waals surface area contributed by atoms with Gasteiger partial charge in [0.25, 0.3) is 0 Å². The maximum atomic E-state index is 5.96. The van der Waals surface area contributed by atoms with Crippen LogP contribution in [0.1, 0.15) is 36.3 Å². The number of rotatable bonds is 4. The monoisotopic (exact) mass is 306 g/mol. The molecule has 0 saturated carbocycles. The molecule has 1 aliphatic rings. The Morgan fingerprint density at radius 3 is 2.90 bits per heavy atom. The molecule has 1 aliphatic carbocycles. The minimum atomic E-state index is 0.580. The molecule has 1 atom stereocenters. The van der Waals surface area contributed by atoms with Gasteiger partial charge in [-0.3, -0.25) is 0 Å². The zero-order chi connectivity index (χ0) is 13.9. The van der Waals surface area contributed by atoms with E-state index < -0.39 is 0 Å². The van der Waals surface area contributed by atoms with E-state index in [1.807, 2.05) is 23.5 Å². The largest absolute Gasteiger partial charge is 0.316 e. The molecule has 4 heteroatoms. The van der Waals surface area contributed by atoms with Crippen molar-refractivity contribution in [2.75, 3.05) is 13.1 Å². The van der Waals surface area contributed by atoms with Crippen LogP contribution in [0, 0.1) is 0 Å². The van der Waals surface area contributed by atoms with Gasteiger partial charge in [0.2, 0.25) is 0 Å². The van der Waals surface area contributed by atoms with Gasteiger partial charge in [0.05, 0.1) is 5.69 Å². The lowest BCUT2D eigenvalue weighted by Crippen LogP contribution is -2.23. The van der Waals surface area contributed by atoms with Gasteiger partial charge in [0, 0.05) is 27.9 Å². The van der Waals surface area contributed by atoms with Gasteiger partial charge in [-0.2, -0.15) is 0 Å². The number of nitrogens with one attached hydrogen (secondary N) is 1. The Balaban J connectivity index is 1.88. The Labute approximate surface area is 129 Å². The SMILES string of the molecule is CCNCC1CCCc2sc(-c3ccc(Cl)cc3)nc21. The van der Waals surface area contributed by atoms with E-state index in [0.717, 1.165) is 23.1 Å². The van der Waals surface area contributed by atoms with Crippen LogP contribution in [0.3, 0.4) is 0 Å². The molecule has 0 amide bonds. The first-order chi connectivity index (χ1) is 9.78. The molecular weight excluding hydrogens is 288 g/mol. The number of aryl methyl sites for hydroxylation is 1. The van der Waals surface area contributed by atoms with E-state index in [9.17, 15) is 0 Å². The van der Waals surface area contributed by atoms with Crippen LogP contribution >= 0.6 is 22.9 Å². The lowest BCUT2D eigenvalue weighted by Gasteiger charge is -2.21. The van der Waals surface area contributed by atoms with Crippen molar-refractivity contribution in [3.05, 3.63) is 39.9 Å². The molecular formula is C16H19ClN2S. The molecule has 20 heavy (non-hydrogen) atoms. The summed E-state index contributed by atoms with van der Waals surface area (Å²) >= 11 is 7.80. The van der Waals surface area contributed by atoms with E-state index in [-0.39, 0.29) is 0 Å². The van der Waals surface area contributed by atoms with Gasteiger partial charge in [-0.25, -0.2) is 4.98 Å². The number of benzene rings is 1. The van der Waals surface area contributed by atoms with Gasteiger partial charge < -0.3 is 5.32 Å². The molecule has 0 bridgehead atoms. The Morgan fingerprint density at radius 1 is 1.35 bits per heavy atom. The average Bonchev–Trinajstić information content (AvgIpc) is 2.90. The van der Waals surface area contributed by atoms with E-state index in [1.54, 1.807) is 0 Å². The molecule has 1 aromatic carbocycles. The van der Waals surface area contributed by atoms with Crippen molar-refractivity contribution in [1.82, 2.24) is 10.3 Å². The summed E-state index contributed by atoms with van der Waals surface area (Å²) in [7, 11) is 0. The Kier molecular flexibility index (Phi) is 4.39. The summed E-state index contributed by atoms with van der Waals surface area (Å²) in [5.41, 5.74) is 2.50. The van der Waals surface area contributed by atoms with Gasteiger partial charge in [-0.15, -0.1) is 11.3 Å². The quantitative estimate of drug-likeness (QED) is 0.900. The third-order valence-corrected chi connectivity index (χ3v) is 5.23. The number of fused-ring (bicyclic) bond motifs is 1. The highest BCUT2D eigenvalue weighted by Crippen LogP contribution is 2.38. The molecule has 0 saturated heterocycles. The number of likely N-dealkylation sites (N-methyl/N-ethyl adjacent to an activating group) is 1. The Bertz CT molecular complexity index is 577. The van der Waals surface area contributed by atoms with Crippen molar-refractivity contribution in [3.63, 3.8) is 0 Å². The highest BCUT2D eigenvalue weighted by atomic mass is 35.5. The van der Waals surface area contributed by atoms with Crippen molar-refractivity contribution in [3.8, 4) is 10.6 Å².